The number of aryl methyl sites for hydroxylation is 1. The van der Waals surface area contributed by atoms with Gasteiger partial charge >= 0.3 is 18.2 Å². The minimum atomic E-state index is -4.51. The summed E-state index contributed by atoms with van der Waals surface area (Å²) < 4.78 is 57.7. The summed E-state index contributed by atoms with van der Waals surface area (Å²) in [4.78, 5) is 40.0. The fourth-order valence-electron chi connectivity index (χ4n) is 6.49. The van der Waals surface area contributed by atoms with Gasteiger partial charge in [0.1, 0.15) is 6.04 Å². The number of nitrogens with one attached hydrogen (secondary N) is 2. The molecule has 1 spiro atoms. The molecule has 44 heavy (non-hydrogen) atoms. The van der Waals surface area contributed by atoms with Gasteiger partial charge in [-0.2, -0.15) is 13.2 Å². The summed E-state index contributed by atoms with van der Waals surface area (Å²) in [6, 6.07) is 12.6. The van der Waals surface area contributed by atoms with E-state index in [1.54, 1.807) is 19.9 Å². The molecule has 0 saturated carbocycles. The first-order valence-electron chi connectivity index (χ1n) is 14.9. The van der Waals surface area contributed by atoms with Crippen LogP contribution in [0, 0.1) is 6.92 Å². The van der Waals surface area contributed by atoms with Crippen LogP contribution in [0.4, 0.5) is 18.0 Å². The Bertz CT molecular complexity index is 1370. The van der Waals surface area contributed by atoms with Gasteiger partial charge < -0.3 is 24.8 Å². The molecule has 2 aromatic rings. The maximum atomic E-state index is 13.8. The predicted molar refractivity (Wildman–Crippen MR) is 153 cm³/mol. The second-order valence-electron chi connectivity index (χ2n) is 12.0. The fraction of sp³-hybridized carbons (Fsp3) is 0.531. The van der Waals surface area contributed by atoms with Gasteiger partial charge in [-0.05, 0) is 75.8 Å². The molecule has 4 atom stereocenters. The second kappa shape index (κ2) is 12.8. The van der Waals surface area contributed by atoms with Crippen LogP contribution >= 0.6 is 0 Å². The van der Waals surface area contributed by atoms with Crippen molar-refractivity contribution >= 4 is 18.0 Å². The number of likely N-dealkylation sites (tertiary alicyclic amines) is 1. The molecule has 238 valence electrons. The molecule has 3 saturated heterocycles. The number of ether oxygens (including phenoxy) is 3. The highest BCUT2D eigenvalue weighted by atomic mass is 19.4. The smallest absolute Gasteiger partial charge is 0.416 e. The van der Waals surface area contributed by atoms with Crippen LogP contribution in [0.2, 0.25) is 0 Å². The summed E-state index contributed by atoms with van der Waals surface area (Å²) in [6.45, 7) is 3.45. The Kier molecular flexibility index (Phi) is 9.22. The van der Waals surface area contributed by atoms with Crippen LogP contribution in [0.25, 0.3) is 0 Å². The quantitative estimate of drug-likeness (QED) is 0.313. The lowest BCUT2D eigenvalue weighted by Crippen LogP contribution is -2.65. The highest BCUT2D eigenvalue weighted by Crippen LogP contribution is 2.45. The van der Waals surface area contributed by atoms with E-state index in [0.29, 0.717) is 49.8 Å². The van der Waals surface area contributed by atoms with Crippen LogP contribution in [0.5, 0.6) is 0 Å². The summed E-state index contributed by atoms with van der Waals surface area (Å²) >= 11 is 0. The van der Waals surface area contributed by atoms with Gasteiger partial charge in [-0.1, -0.05) is 42.0 Å². The number of amides is 2. The summed E-state index contributed by atoms with van der Waals surface area (Å²) in [5.74, 6) is -0.607. The molecule has 0 aliphatic carbocycles. The molecule has 2 amide bonds. The predicted octanol–water partition coefficient (Wildman–Crippen LogP) is 5.12. The zero-order valence-electron chi connectivity index (χ0n) is 24.9. The summed E-state index contributed by atoms with van der Waals surface area (Å²) in [5.41, 5.74) is -0.952. The summed E-state index contributed by atoms with van der Waals surface area (Å²) in [7, 11) is 0. The lowest BCUT2D eigenvalue weighted by Gasteiger charge is -2.52. The van der Waals surface area contributed by atoms with Crippen molar-refractivity contribution in [1.82, 2.24) is 15.5 Å². The van der Waals surface area contributed by atoms with Crippen molar-refractivity contribution in [2.75, 3.05) is 26.5 Å². The van der Waals surface area contributed by atoms with Gasteiger partial charge in [0.25, 0.3) is 0 Å². The Labute approximate surface area is 254 Å². The number of nitrogens with zero attached hydrogens (tertiary/aromatic N) is 1. The zero-order chi connectivity index (χ0) is 31.5. The minimum Gasteiger partial charge on any atom is -0.427 e. The first-order valence-corrected chi connectivity index (χ1v) is 14.9. The number of alkyl halides is 3. The van der Waals surface area contributed by atoms with Crippen LogP contribution in [0.3, 0.4) is 0 Å². The Morgan fingerprint density at radius 2 is 1.86 bits per heavy atom. The highest BCUT2D eigenvalue weighted by molar-refractivity contribution is 5.80. The number of hydrogen-bond donors (Lipinski definition) is 2. The lowest BCUT2D eigenvalue weighted by atomic mass is 9.74. The third-order valence-corrected chi connectivity index (χ3v) is 8.96. The van der Waals surface area contributed by atoms with E-state index >= 15 is 0 Å². The van der Waals surface area contributed by atoms with E-state index in [4.69, 9.17) is 14.2 Å². The Morgan fingerprint density at radius 1 is 1.09 bits per heavy atom. The molecule has 3 heterocycles. The largest absolute Gasteiger partial charge is 0.427 e. The number of piperidine rings is 1. The number of esters is 1. The molecule has 9 nitrogen and oxygen atoms in total. The van der Waals surface area contributed by atoms with Gasteiger partial charge in [-0.3, -0.25) is 14.5 Å². The third kappa shape index (κ3) is 6.86. The molecule has 1 unspecified atom stereocenters. The Balaban J connectivity index is 1.41. The van der Waals surface area contributed by atoms with Crippen LogP contribution in [0.1, 0.15) is 73.8 Å². The number of hydrogen-bond acceptors (Lipinski definition) is 7. The number of halogens is 3. The van der Waals surface area contributed by atoms with E-state index in [1.807, 2.05) is 30.3 Å². The lowest BCUT2D eigenvalue weighted by molar-refractivity contribution is -0.156. The third-order valence-electron chi connectivity index (χ3n) is 8.96. The molecule has 3 aliphatic heterocycles. The van der Waals surface area contributed by atoms with Gasteiger partial charge in [0.05, 0.1) is 29.4 Å². The first kappa shape index (κ1) is 31.8. The molecule has 0 aromatic heterocycles. The van der Waals surface area contributed by atoms with Gasteiger partial charge in [0.15, 0.2) is 0 Å². The van der Waals surface area contributed by atoms with Crippen LogP contribution in [-0.4, -0.2) is 60.9 Å². The van der Waals surface area contributed by atoms with Crippen LogP contribution < -0.4 is 10.6 Å². The topological polar surface area (TPSA) is 106 Å². The first-order chi connectivity index (χ1) is 20.9. The Morgan fingerprint density at radius 3 is 2.52 bits per heavy atom. The Hall–Kier alpha value is -3.64. The van der Waals surface area contributed by atoms with E-state index in [9.17, 15) is 27.6 Å². The maximum absolute atomic E-state index is 13.8. The standard InChI is InChI=1S/C32H38F3N3O6/c1-21-15-23(17-25(16-21)32(33,34)35)22(2)42-19-31(24-7-4-3-5-8-24)13-12-30(11-10-27(39)37-30)18-38(31)29(41)44-20-43-28(40)26-9-6-14-36-26/h3-5,7-8,15-17,22,26,36H,6,9-14,18-20H2,1-2H3,(H,37,39)/t22-,26?,30-,31-/m1/s1. The molecule has 0 radical (unpaired) electrons. The average molecular weight is 618 g/mol. The van der Waals surface area contributed by atoms with E-state index in [-0.39, 0.29) is 19.1 Å². The number of rotatable bonds is 8. The molecule has 12 heteroatoms. The number of benzene rings is 2. The van der Waals surface area contributed by atoms with Gasteiger partial charge in [-0.25, -0.2) is 4.79 Å². The SMILES string of the molecule is Cc1cc([C@@H](C)OC[C@@]2(c3ccccc3)CC[C@]3(CCC(=O)N3)CN2C(=O)OCOC(=O)C2CCCN2)cc(C(F)(F)F)c1. The zero-order valence-corrected chi connectivity index (χ0v) is 24.9. The summed E-state index contributed by atoms with van der Waals surface area (Å²) in [5, 5.41) is 6.08. The van der Waals surface area contributed by atoms with Crippen molar-refractivity contribution in [2.24, 2.45) is 0 Å². The molecule has 2 aromatic carbocycles. The fourth-order valence-corrected chi connectivity index (χ4v) is 6.49. The normalized spacial score (nSPS) is 26.0. The van der Waals surface area contributed by atoms with Gasteiger partial charge in [-0.15, -0.1) is 0 Å². The molecular formula is C32H38F3N3O6. The summed E-state index contributed by atoms with van der Waals surface area (Å²) in [6.07, 6.45) is -2.74. The minimum absolute atomic E-state index is 0.0572. The maximum Gasteiger partial charge on any atom is 0.416 e. The average Bonchev–Trinajstić information content (AvgIpc) is 3.66. The van der Waals surface area contributed by atoms with E-state index in [2.05, 4.69) is 10.6 Å². The van der Waals surface area contributed by atoms with E-state index in [0.717, 1.165) is 24.1 Å². The van der Waals surface area contributed by atoms with Crippen molar-refractivity contribution in [1.29, 1.82) is 0 Å². The van der Waals surface area contributed by atoms with Crippen molar-refractivity contribution in [2.45, 2.75) is 81.8 Å². The molecular weight excluding hydrogens is 579 g/mol. The van der Waals surface area contributed by atoms with E-state index in [1.165, 1.54) is 4.90 Å². The van der Waals surface area contributed by atoms with Crippen LogP contribution in [-0.2, 0) is 35.5 Å². The monoisotopic (exact) mass is 617 g/mol. The molecule has 2 N–H and O–H groups in total. The van der Waals surface area contributed by atoms with Gasteiger partial charge in [0.2, 0.25) is 12.7 Å². The number of carbonyl (C=O) groups is 3. The van der Waals surface area contributed by atoms with E-state index < -0.39 is 53.8 Å². The van der Waals surface area contributed by atoms with Crippen molar-refractivity contribution in [3.8, 4) is 0 Å². The van der Waals surface area contributed by atoms with Crippen molar-refractivity contribution in [3.05, 3.63) is 70.8 Å². The van der Waals surface area contributed by atoms with Crippen molar-refractivity contribution in [3.63, 3.8) is 0 Å². The second-order valence-corrected chi connectivity index (χ2v) is 12.0. The van der Waals surface area contributed by atoms with Crippen LogP contribution in [0.15, 0.2) is 48.5 Å². The highest BCUT2D eigenvalue weighted by Gasteiger charge is 2.54. The molecule has 3 fully saturated rings. The number of carbonyl (C=O) groups excluding carboxylic acids is 3. The van der Waals surface area contributed by atoms with Gasteiger partial charge in [0, 0.05) is 13.0 Å². The van der Waals surface area contributed by atoms with Crippen molar-refractivity contribution < 1.29 is 41.8 Å². The molecule has 0 bridgehead atoms. The molecule has 3 aliphatic rings. The molecule has 5 rings (SSSR count).